The number of hydrazone groups is 1. The molecule has 0 saturated carbocycles. The highest BCUT2D eigenvalue weighted by atomic mass is 16.5. The van der Waals surface area contributed by atoms with Crippen molar-refractivity contribution in [2.75, 3.05) is 7.11 Å². The van der Waals surface area contributed by atoms with Crippen LogP contribution in [0.15, 0.2) is 78.2 Å². The predicted octanol–water partition coefficient (Wildman–Crippen LogP) is 4.33. The first kappa shape index (κ1) is 15.9. The number of rotatable bonds is 3. The second kappa shape index (κ2) is 6.43. The first-order valence-electron chi connectivity index (χ1n) is 8.99. The normalized spacial score (nSPS) is 20.3. The third-order valence-electron chi connectivity index (χ3n) is 5.09. The molecular formula is C22H19N3O2. The minimum atomic E-state index is -0.273. The van der Waals surface area contributed by atoms with Gasteiger partial charge in [-0.2, -0.15) is 5.10 Å². The lowest BCUT2D eigenvalue weighted by atomic mass is 9.96. The molecule has 0 aliphatic carbocycles. The monoisotopic (exact) mass is 357 g/mol. The van der Waals surface area contributed by atoms with Crippen LogP contribution in [-0.4, -0.2) is 22.8 Å². The summed E-state index contributed by atoms with van der Waals surface area (Å²) in [6.07, 6.45) is 4.21. The molecule has 2 atom stereocenters. The van der Waals surface area contributed by atoms with Crippen LogP contribution in [-0.2, 0) is 0 Å². The highest BCUT2D eigenvalue weighted by molar-refractivity contribution is 6.01. The first-order chi connectivity index (χ1) is 13.3. The van der Waals surface area contributed by atoms with Crippen LogP contribution in [0.5, 0.6) is 11.5 Å². The second-order valence-corrected chi connectivity index (χ2v) is 6.67. The van der Waals surface area contributed by atoms with Crippen molar-refractivity contribution in [1.29, 1.82) is 0 Å². The Labute approximate surface area is 157 Å². The van der Waals surface area contributed by atoms with Gasteiger partial charge in [0, 0.05) is 35.5 Å². The Morgan fingerprint density at radius 2 is 1.89 bits per heavy atom. The number of methoxy groups -OCH3 is 1. The Balaban J connectivity index is 1.57. The second-order valence-electron chi connectivity index (χ2n) is 6.67. The van der Waals surface area contributed by atoms with E-state index in [1.165, 1.54) is 5.56 Å². The standard InChI is InChI=1S/C22H19N3O2/c1-26-17-10-8-15(9-11-17)22-25-20(18-6-2-3-7-21(18)27-22)13-19(24-25)16-5-4-12-23-14-16/h2-12,14,20,22H,13H2,1H3. The average Bonchev–Trinajstić information content (AvgIpc) is 3.20. The summed E-state index contributed by atoms with van der Waals surface area (Å²) in [5.41, 5.74) is 4.31. The van der Waals surface area contributed by atoms with E-state index in [1.54, 1.807) is 13.3 Å². The van der Waals surface area contributed by atoms with E-state index in [0.29, 0.717) is 0 Å². The fourth-order valence-corrected chi connectivity index (χ4v) is 3.73. The third-order valence-corrected chi connectivity index (χ3v) is 5.09. The van der Waals surface area contributed by atoms with Gasteiger partial charge < -0.3 is 9.47 Å². The van der Waals surface area contributed by atoms with Crippen molar-refractivity contribution in [3.63, 3.8) is 0 Å². The van der Waals surface area contributed by atoms with Crippen LogP contribution in [0.4, 0.5) is 0 Å². The van der Waals surface area contributed by atoms with Gasteiger partial charge in [0.05, 0.1) is 18.9 Å². The van der Waals surface area contributed by atoms with Gasteiger partial charge >= 0.3 is 0 Å². The van der Waals surface area contributed by atoms with E-state index in [2.05, 4.69) is 28.2 Å². The van der Waals surface area contributed by atoms with Gasteiger partial charge in [-0.15, -0.1) is 0 Å². The van der Waals surface area contributed by atoms with Crippen molar-refractivity contribution >= 4 is 5.71 Å². The Hall–Kier alpha value is -3.34. The molecule has 0 radical (unpaired) electrons. The number of pyridine rings is 1. The Kier molecular flexibility index (Phi) is 3.78. The molecule has 3 aromatic rings. The molecule has 2 aromatic carbocycles. The molecule has 0 amide bonds. The summed E-state index contributed by atoms with van der Waals surface area (Å²) in [5.74, 6) is 1.75. The maximum absolute atomic E-state index is 6.35. The van der Waals surface area contributed by atoms with Crippen LogP contribution < -0.4 is 9.47 Å². The van der Waals surface area contributed by atoms with Crippen LogP contribution in [0, 0.1) is 0 Å². The van der Waals surface area contributed by atoms with Crippen molar-refractivity contribution in [2.45, 2.75) is 18.7 Å². The molecule has 134 valence electrons. The topological polar surface area (TPSA) is 47.0 Å². The molecule has 5 nitrogen and oxygen atoms in total. The minimum Gasteiger partial charge on any atom is -0.497 e. The first-order valence-corrected chi connectivity index (χ1v) is 8.99. The van der Waals surface area contributed by atoms with Crippen molar-refractivity contribution in [1.82, 2.24) is 9.99 Å². The fourth-order valence-electron chi connectivity index (χ4n) is 3.73. The third kappa shape index (κ3) is 2.72. The van der Waals surface area contributed by atoms with Crippen LogP contribution in [0.3, 0.4) is 0 Å². The largest absolute Gasteiger partial charge is 0.497 e. The molecule has 5 rings (SSSR count). The zero-order valence-electron chi connectivity index (χ0n) is 14.9. The minimum absolute atomic E-state index is 0.150. The average molecular weight is 357 g/mol. The highest BCUT2D eigenvalue weighted by Crippen LogP contribution is 2.47. The van der Waals surface area contributed by atoms with Crippen LogP contribution in [0.1, 0.15) is 35.4 Å². The van der Waals surface area contributed by atoms with Crippen molar-refractivity contribution in [3.05, 3.63) is 89.7 Å². The zero-order valence-corrected chi connectivity index (χ0v) is 14.9. The summed E-state index contributed by atoms with van der Waals surface area (Å²) in [6.45, 7) is 0. The van der Waals surface area contributed by atoms with Crippen molar-refractivity contribution in [2.24, 2.45) is 5.10 Å². The molecule has 0 fully saturated rings. The van der Waals surface area contributed by atoms with Crippen LogP contribution in [0.2, 0.25) is 0 Å². The van der Waals surface area contributed by atoms with Crippen LogP contribution >= 0.6 is 0 Å². The Bertz CT molecular complexity index is 986. The zero-order chi connectivity index (χ0) is 18.2. The predicted molar refractivity (Wildman–Crippen MR) is 103 cm³/mol. The molecule has 2 unspecified atom stereocenters. The van der Waals surface area contributed by atoms with E-state index in [0.717, 1.165) is 34.8 Å². The molecule has 0 bridgehead atoms. The molecule has 0 spiro atoms. The van der Waals surface area contributed by atoms with E-state index in [1.807, 2.05) is 48.7 Å². The van der Waals surface area contributed by atoms with Gasteiger partial charge in [0.2, 0.25) is 6.23 Å². The molecule has 3 heterocycles. The number of fused-ring (bicyclic) bond motifs is 3. The maximum atomic E-state index is 6.35. The lowest BCUT2D eigenvalue weighted by molar-refractivity contribution is -0.0190. The van der Waals surface area contributed by atoms with E-state index >= 15 is 0 Å². The molecule has 27 heavy (non-hydrogen) atoms. The van der Waals surface area contributed by atoms with E-state index in [9.17, 15) is 0 Å². The van der Waals surface area contributed by atoms with Crippen LogP contribution in [0.25, 0.3) is 0 Å². The molecular weight excluding hydrogens is 338 g/mol. The molecule has 0 N–H and O–H groups in total. The number of nitrogens with zero attached hydrogens (tertiary/aromatic N) is 3. The summed E-state index contributed by atoms with van der Waals surface area (Å²) in [4.78, 5) is 4.24. The Morgan fingerprint density at radius 3 is 2.67 bits per heavy atom. The fraction of sp³-hybridized carbons (Fsp3) is 0.182. The van der Waals surface area contributed by atoms with E-state index in [4.69, 9.17) is 14.6 Å². The van der Waals surface area contributed by atoms with Crippen molar-refractivity contribution < 1.29 is 9.47 Å². The molecule has 1 aromatic heterocycles. The molecule has 2 aliphatic rings. The lowest BCUT2D eigenvalue weighted by Gasteiger charge is -2.38. The molecule has 2 aliphatic heterocycles. The molecule has 5 heteroatoms. The number of para-hydroxylation sites is 1. The smallest absolute Gasteiger partial charge is 0.213 e. The quantitative estimate of drug-likeness (QED) is 0.700. The summed E-state index contributed by atoms with van der Waals surface area (Å²) in [7, 11) is 1.67. The lowest BCUT2D eigenvalue weighted by Crippen LogP contribution is -2.33. The number of aromatic nitrogens is 1. The number of hydrogen-bond donors (Lipinski definition) is 0. The van der Waals surface area contributed by atoms with E-state index in [-0.39, 0.29) is 12.3 Å². The van der Waals surface area contributed by atoms with Gasteiger partial charge in [0.1, 0.15) is 11.5 Å². The summed E-state index contributed by atoms with van der Waals surface area (Å²) < 4.78 is 11.6. The SMILES string of the molecule is COc1ccc(C2Oc3ccccc3C3CC(c4cccnc4)=NN32)cc1. The van der Waals surface area contributed by atoms with Gasteiger partial charge in [-0.3, -0.25) is 4.98 Å². The number of hydrogen-bond acceptors (Lipinski definition) is 5. The number of ether oxygens (including phenoxy) is 2. The van der Waals surface area contributed by atoms with E-state index < -0.39 is 0 Å². The van der Waals surface area contributed by atoms with Gasteiger partial charge in [-0.1, -0.05) is 24.3 Å². The highest BCUT2D eigenvalue weighted by Gasteiger charge is 2.40. The number of benzene rings is 2. The summed E-state index contributed by atoms with van der Waals surface area (Å²) in [5, 5.41) is 7.01. The van der Waals surface area contributed by atoms with Gasteiger partial charge in [-0.05, 0) is 36.4 Å². The van der Waals surface area contributed by atoms with Gasteiger partial charge in [0.15, 0.2) is 0 Å². The summed E-state index contributed by atoms with van der Waals surface area (Å²) >= 11 is 0. The Morgan fingerprint density at radius 1 is 1.04 bits per heavy atom. The van der Waals surface area contributed by atoms with Gasteiger partial charge in [0.25, 0.3) is 0 Å². The molecule has 0 saturated heterocycles. The summed E-state index contributed by atoms with van der Waals surface area (Å²) in [6, 6.07) is 20.3. The maximum Gasteiger partial charge on any atom is 0.213 e. The van der Waals surface area contributed by atoms with Crippen molar-refractivity contribution in [3.8, 4) is 11.5 Å². The van der Waals surface area contributed by atoms with Gasteiger partial charge in [-0.25, -0.2) is 5.01 Å².